The monoisotopic (exact) mass is 552 g/mol. The Balaban J connectivity index is 1.71. The second-order valence-corrected chi connectivity index (χ2v) is 8.29. The van der Waals surface area contributed by atoms with Gasteiger partial charge in [0.2, 0.25) is 0 Å². The van der Waals surface area contributed by atoms with Gasteiger partial charge in [0.25, 0.3) is 0 Å². The van der Waals surface area contributed by atoms with Crippen molar-refractivity contribution < 1.29 is 38.4 Å². The minimum Gasteiger partial charge on any atom is -0.493 e. The summed E-state index contributed by atoms with van der Waals surface area (Å²) < 4.78 is 27.3. The fourth-order valence-electron chi connectivity index (χ4n) is 3.88. The number of hydrogen-bond acceptors (Lipinski definition) is 10. The van der Waals surface area contributed by atoms with Crippen molar-refractivity contribution in [1.29, 1.82) is 0 Å². The molecule has 1 aliphatic heterocycles. The molecule has 2 aromatic carbocycles. The molecule has 40 heavy (non-hydrogen) atoms. The van der Waals surface area contributed by atoms with Crippen LogP contribution in [0.25, 0.3) is 0 Å². The molecule has 0 fully saturated rings. The first-order valence-corrected chi connectivity index (χ1v) is 12.3. The lowest BCUT2D eigenvalue weighted by molar-refractivity contribution is -0.136. The van der Waals surface area contributed by atoms with Gasteiger partial charge in [-0.15, -0.1) is 6.42 Å². The highest BCUT2D eigenvalue weighted by molar-refractivity contribution is 5.95. The normalized spacial score (nSPS) is 15.4. The molecule has 12 nitrogen and oxygen atoms in total. The maximum Gasteiger partial charge on any atom is 0.337 e. The summed E-state index contributed by atoms with van der Waals surface area (Å²) in [6.45, 7) is 3.63. The van der Waals surface area contributed by atoms with Crippen molar-refractivity contribution >= 4 is 18.2 Å². The quantitative estimate of drug-likeness (QED) is 0.0965. The lowest BCUT2D eigenvalue weighted by Gasteiger charge is -2.28. The van der Waals surface area contributed by atoms with Crippen LogP contribution in [0, 0.1) is 12.3 Å². The van der Waals surface area contributed by atoms with E-state index in [2.05, 4.69) is 27.1 Å². The summed E-state index contributed by atoms with van der Waals surface area (Å²) in [6, 6.07) is 9.00. The first kappa shape index (κ1) is 29.7. The molecule has 2 aromatic rings. The van der Waals surface area contributed by atoms with E-state index >= 15 is 0 Å². The van der Waals surface area contributed by atoms with Crippen molar-refractivity contribution in [2.45, 2.75) is 26.1 Å². The second kappa shape index (κ2) is 14.3. The van der Waals surface area contributed by atoms with E-state index in [9.17, 15) is 14.7 Å². The van der Waals surface area contributed by atoms with Crippen LogP contribution in [0.2, 0.25) is 0 Å². The maximum absolute atomic E-state index is 12.4. The van der Waals surface area contributed by atoms with E-state index in [1.807, 2.05) is 0 Å². The van der Waals surface area contributed by atoms with Gasteiger partial charge in [-0.3, -0.25) is 5.43 Å². The Labute approximate surface area is 232 Å². The molecule has 4 N–H and O–H groups in total. The van der Waals surface area contributed by atoms with Crippen molar-refractivity contribution in [3.05, 3.63) is 58.8 Å². The SMILES string of the molecule is C#CCOc1c(/C=N/N[C@H](O)COc2ccc([C@H]3NC(=O)NC(C)=C3C(=O)OC)cc2OCC)cccc1OC. The van der Waals surface area contributed by atoms with Gasteiger partial charge in [0, 0.05) is 11.3 Å². The first-order valence-electron chi connectivity index (χ1n) is 12.3. The number of rotatable bonds is 13. The zero-order valence-electron chi connectivity index (χ0n) is 22.6. The number of terminal acetylenes is 1. The van der Waals surface area contributed by atoms with Crippen molar-refractivity contribution in [1.82, 2.24) is 16.1 Å². The lowest BCUT2D eigenvalue weighted by Crippen LogP contribution is -2.45. The number of ether oxygens (including phenoxy) is 5. The predicted molar refractivity (Wildman–Crippen MR) is 146 cm³/mol. The number of benzene rings is 2. The van der Waals surface area contributed by atoms with Crippen LogP contribution in [-0.4, -0.2) is 63.6 Å². The number of aliphatic hydroxyl groups is 1. The van der Waals surface area contributed by atoms with E-state index in [1.165, 1.54) is 20.4 Å². The van der Waals surface area contributed by atoms with E-state index in [4.69, 9.17) is 30.1 Å². The van der Waals surface area contributed by atoms with E-state index in [-0.39, 0.29) is 18.8 Å². The van der Waals surface area contributed by atoms with Gasteiger partial charge < -0.3 is 39.4 Å². The standard InChI is InChI=1S/C28H32N4O8/c1-6-13-39-26-19(9-8-10-21(26)36-4)15-29-32-23(33)16-40-20-12-11-18(14-22(20)38-7-2)25-24(27(34)37-5)17(3)30-28(35)31-25/h1,8-12,14-15,23,25,32-33H,7,13,16H2,2-5H3,(H2,30,31,35)/b29-15+/t23-,25-/m1/s1. The molecule has 1 aliphatic rings. The highest BCUT2D eigenvalue weighted by Crippen LogP contribution is 2.35. The number of urea groups is 1. The van der Waals surface area contributed by atoms with Crippen molar-refractivity contribution in [3.8, 4) is 35.3 Å². The van der Waals surface area contributed by atoms with Crippen LogP contribution in [0.5, 0.6) is 23.0 Å². The number of para-hydroxylation sites is 1. The number of nitrogens with one attached hydrogen (secondary N) is 3. The van der Waals surface area contributed by atoms with E-state index in [0.717, 1.165) is 0 Å². The van der Waals surface area contributed by atoms with Crippen LogP contribution in [0.3, 0.4) is 0 Å². The van der Waals surface area contributed by atoms with Gasteiger partial charge in [-0.05, 0) is 43.7 Å². The first-order chi connectivity index (χ1) is 19.3. The maximum atomic E-state index is 12.4. The van der Waals surface area contributed by atoms with Crippen LogP contribution >= 0.6 is 0 Å². The summed E-state index contributed by atoms with van der Waals surface area (Å²) >= 11 is 0. The molecule has 212 valence electrons. The summed E-state index contributed by atoms with van der Waals surface area (Å²) in [5.74, 6) is 3.44. The van der Waals surface area contributed by atoms with Crippen LogP contribution in [0.1, 0.15) is 31.0 Å². The van der Waals surface area contributed by atoms with Crippen LogP contribution in [0.4, 0.5) is 4.79 Å². The molecule has 2 amide bonds. The zero-order valence-corrected chi connectivity index (χ0v) is 22.6. The Morgan fingerprint density at radius 2 is 2.00 bits per heavy atom. The molecule has 0 bridgehead atoms. The van der Waals surface area contributed by atoms with Gasteiger partial charge >= 0.3 is 12.0 Å². The number of nitrogens with zero attached hydrogens (tertiary/aromatic N) is 1. The number of allylic oxidation sites excluding steroid dienone is 1. The average molecular weight is 553 g/mol. The molecule has 0 aromatic heterocycles. The molecule has 0 saturated carbocycles. The van der Waals surface area contributed by atoms with Gasteiger partial charge in [0.05, 0.1) is 38.7 Å². The molecule has 12 heteroatoms. The number of methoxy groups -OCH3 is 2. The van der Waals surface area contributed by atoms with E-state index < -0.39 is 24.3 Å². The molecule has 0 saturated heterocycles. The lowest BCUT2D eigenvalue weighted by atomic mass is 9.95. The summed E-state index contributed by atoms with van der Waals surface area (Å²) in [5, 5.41) is 19.7. The molecule has 0 unspecified atom stereocenters. The second-order valence-electron chi connectivity index (χ2n) is 8.29. The summed E-state index contributed by atoms with van der Waals surface area (Å²) in [5.41, 5.74) is 4.40. The van der Waals surface area contributed by atoms with E-state index in [1.54, 1.807) is 50.2 Å². The third-order valence-corrected chi connectivity index (χ3v) is 5.63. The van der Waals surface area contributed by atoms with Gasteiger partial charge in [0.15, 0.2) is 29.2 Å². The number of hydrogen-bond donors (Lipinski definition) is 4. The van der Waals surface area contributed by atoms with E-state index in [0.29, 0.717) is 46.4 Å². The molecular weight excluding hydrogens is 520 g/mol. The number of aliphatic hydroxyl groups excluding tert-OH is 1. The number of esters is 1. The molecule has 0 radical (unpaired) electrons. The van der Waals surface area contributed by atoms with Gasteiger partial charge in [-0.2, -0.15) is 5.10 Å². The minimum atomic E-state index is -1.17. The Morgan fingerprint density at radius 1 is 1.20 bits per heavy atom. The van der Waals surface area contributed by atoms with Crippen molar-refractivity contribution in [2.24, 2.45) is 5.10 Å². The number of carbonyl (C=O) groups excluding carboxylic acids is 2. The topological polar surface area (TPSA) is 149 Å². The van der Waals surface area contributed by atoms with Crippen LogP contribution in [0.15, 0.2) is 52.8 Å². The zero-order chi connectivity index (χ0) is 29.1. The van der Waals surface area contributed by atoms with Crippen LogP contribution in [-0.2, 0) is 9.53 Å². The van der Waals surface area contributed by atoms with Gasteiger partial charge in [-0.1, -0.05) is 18.1 Å². The molecule has 2 atom stereocenters. The summed E-state index contributed by atoms with van der Waals surface area (Å²) in [4.78, 5) is 24.5. The Hall–Kier alpha value is -4.89. The number of amides is 2. The largest absolute Gasteiger partial charge is 0.493 e. The summed E-state index contributed by atoms with van der Waals surface area (Å²) in [7, 11) is 2.78. The van der Waals surface area contributed by atoms with Gasteiger partial charge in [-0.25, -0.2) is 9.59 Å². The number of carbonyl (C=O) groups is 2. The smallest absolute Gasteiger partial charge is 0.337 e. The minimum absolute atomic E-state index is 0.0516. The molecule has 0 aliphatic carbocycles. The van der Waals surface area contributed by atoms with Gasteiger partial charge in [0.1, 0.15) is 13.2 Å². The molecule has 1 heterocycles. The Morgan fingerprint density at radius 3 is 2.70 bits per heavy atom. The molecule has 3 rings (SSSR count). The fraction of sp³-hybridized carbons (Fsp3) is 0.321. The molecule has 0 spiro atoms. The molecular formula is C28H32N4O8. The highest BCUT2D eigenvalue weighted by Gasteiger charge is 2.32. The summed E-state index contributed by atoms with van der Waals surface area (Å²) in [6.07, 6.45) is 5.58. The van der Waals surface area contributed by atoms with Crippen molar-refractivity contribution in [3.63, 3.8) is 0 Å². The third-order valence-electron chi connectivity index (χ3n) is 5.63. The Kier molecular flexibility index (Phi) is 10.6. The fourth-order valence-corrected chi connectivity index (χ4v) is 3.88. The highest BCUT2D eigenvalue weighted by atomic mass is 16.5. The average Bonchev–Trinajstić information content (AvgIpc) is 2.95. The predicted octanol–water partition coefficient (Wildman–Crippen LogP) is 2.23. The van der Waals surface area contributed by atoms with Crippen LogP contribution < -0.4 is 35.0 Å². The van der Waals surface area contributed by atoms with Crippen molar-refractivity contribution in [2.75, 3.05) is 34.0 Å². The Bertz CT molecular complexity index is 1320. The third kappa shape index (κ3) is 7.36. The number of hydrazone groups is 1.